The molecule has 1 aliphatic rings. The molecule has 0 saturated heterocycles. The number of aliphatic imine (C=N–C) groups is 1. The van der Waals surface area contributed by atoms with E-state index in [0.29, 0.717) is 41.8 Å². The number of amides is 1. The van der Waals surface area contributed by atoms with E-state index in [1.54, 1.807) is 36.3 Å². The molecule has 0 bridgehead atoms. The van der Waals surface area contributed by atoms with E-state index in [2.05, 4.69) is 25.4 Å². The number of aliphatic hydroxyl groups is 1. The number of pyridine rings is 1. The van der Waals surface area contributed by atoms with Crippen molar-refractivity contribution in [1.29, 1.82) is 0 Å². The molecule has 160 valence electrons. The van der Waals surface area contributed by atoms with Crippen LogP contribution in [-0.4, -0.2) is 50.2 Å². The molecule has 0 spiro atoms. The quantitative estimate of drug-likeness (QED) is 0.607. The number of aromatic nitrogens is 4. The number of aryl methyl sites for hydroxylation is 1. The molecule has 3 heterocycles. The molecule has 2 N–H and O–H groups in total. The summed E-state index contributed by atoms with van der Waals surface area (Å²) in [7, 11) is 1.56. The lowest BCUT2D eigenvalue weighted by molar-refractivity contribution is -0.118. The van der Waals surface area contributed by atoms with Gasteiger partial charge in [-0.15, -0.1) is 0 Å². The number of fused-ring (bicyclic) bond motifs is 1. The molecule has 9 heteroatoms. The zero-order chi connectivity index (χ0) is 21.8. The van der Waals surface area contributed by atoms with E-state index in [1.807, 2.05) is 31.2 Å². The summed E-state index contributed by atoms with van der Waals surface area (Å²) in [5.41, 5.74) is 2.05. The van der Waals surface area contributed by atoms with Crippen LogP contribution < -0.4 is 10.1 Å². The molecule has 2 unspecified atom stereocenters. The summed E-state index contributed by atoms with van der Waals surface area (Å²) in [6.07, 6.45) is 4.50. The number of hydrogen-bond acceptors (Lipinski definition) is 7. The van der Waals surface area contributed by atoms with Gasteiger partial charge in [0.15, 0.2) is 5.82 Å². The minimum Gasteiger partial charge on any atom is -0.495 e. The van der Waals surface area contributed by atoms with Crippen LogP contribution in [0.4, 0.5) is 11.6 Å². The molecular formula is C22H24N6O3. The maximum Gasteiger partial charge on any atom is 0.248 e. The van der Waals surface area contributed by atoms with Crippen molar-refractivity contribution in [3.8, 4) is 5.75 Å². The SMILES string of the molecule is COc1ccccc1NC(=O)C1C(C)=Nc2nc(CCCO)nn2C1c1cccnc1. The van der Waals surface area contributed by atoms with E-state index in [0.717, 1.165) is 5.56 Å². The number of para-hydroxylation sites is 2. The van der Waals surface area contributed by atoms with Crippen LogP contribution in [0, 0.1) is 5.92 Å². The predicted octanol–water partition coefficient (Wildman–Crippen LogP) is 2.56. The van der Waals surface area contributed by atoms with Crippen LogP contribution >= 0.6 is 0 Å². The largest absolute Gasteiger partial charge is 0.495 e. The van der Waals surface area contributed by atoms with Crippen molar-refractivity contribution in [2.45, 2.75) is 25.8 Å². The van der Waals surface area contributed by atoms with Gasteiger partial charge < -0.3 is 15.2 Å². The molecular weight excluding hydrogens is 396 g/mol. The monoisotopic (exact) mass is 420 g/mol. The predicted molar refractivity (Wildman–Crippen MR) is 116 cm³/mol. The Morgan fingerprint density at radius 2 is 2.10 bits per heavy atom. The Balaban J connectivity index is 1.73. The highest BCUT2D eigenvalue weighted by atomic mass is 16.5. The molecule has 1 amide bonds. The summed E-state index contributed by atoms with van der Waals surface area (Å²) in [5.74, 6) is 0.763. The van der Waals surface area contributed by atoms with E-state index in [-0.39, 0.29) is 12.5 Å². The Labute approximate surface area is 179 Å². The van der Waals surface area contributed by atoms with E-state index in [9.17, 15) is 4.79 Å². The highest BCUT2D eigenvalue weighted by molar-refractivity contribution is 6.10. The zero-order valence-electron chi connectivity index (χ0n) is 17.4. The highest BCUT2D eigenvalue weighted by Gasteiger charge is 2.39. The molecule has 0 aliphatic carbocycles. The smallest absolute Gasteiger partial charge is 0.248 e. The van der Waals surface area contributed by atoms with Gasteiger partial charge >= 0.3 is 0 Å². The molecule has 0 radical (unpaired) electrons. The first kappa shape index (κ1) is 20.7. The number of anilines is 1. The summed E-state index contributed by atoms with van der Waals surface area (Å²) < 4.78 is 7.05. The number of aliphatic hydroxyl groups excluding tert-OH is 1. The average Bonchev–Trinajstić information content (AvgIpc) is 3.19. The number of ether oxygens (including phenoxy) is 1. The fourth-order valence-electron chi connectivity index (χ4n) is 3.74. The van der Waals surface area contributed by atoms with Gasteiger partial charge in [-0.3, -0.25) is 9.78 Å². The summed E-state index contributed by atoms with van der Waals surface area (Å²) in [6.45, 7) is 1.88. The second kappa shape index (κ2) is 9.05. The van der Waals surface area contributed by atoms with Crippen LogP contribution in [0.3, 0.4) is 0 Å². The summed E-state index contributed by atoms with van der Waals surface area (Å²) >= 11 is 0. The molecule has 2 aromatic heterocycles. The molecule has 3 aromatic rings. The van der Waals surface area contributed by atoms with Gasteiger partial charge in [0.25, 0.3) is 0 Å². The number of nitrogens with zero attached hydrogens (tertiary/aromatic N) is 5. The lowest BCUT2D eigenvalue weighted by Crippen LogP contribution is -2.39. The van der Waals surface area contributed by atoms with Gasteiger partial charge in [0.1, 0.15) is 11.7 Å². The zero-order valence-corrected chi connectivity index (χ0v) is 17.4. The molecule has 1 aromatic carbocycles. The Morgan fingerprint density at radius 1 is 1.26 bits per heavy atom. The minimum absolute atomic E-state index is 0.0577. The van der Waals surface area contributed by atoms with Crippen molar-refractivity contribution in [1.82, 2.24) is 19.7 Å². The number of methoxy groups -OCH3 is 1. The average molecular weight is 420 g/mol. The van der Waals surface area contributed by atoms with Crippen LogP contribution in [-0.2, 0) is 11.2 Å². The van der Waals surface area contributed by atoms with Gasteiger partial charge in [0, 0.05) is 31.1 Å². The summed E-state index contributed by atoms with van der Waals surface area (Å²) in [5, 5.41) is 16.7. The Kier molecular flexibility index (Phi) is 6.03. The Bertz CT molecular complexity index is 1100. The van der Waals surface area contributed by atoms with Gasteiger partial charge in [0.05, 0.1) is 18.8 Å². The van der Waals surface area contributed by atoms with Crippen molar-refractivity contribution >= 4 is 23.3 Å². The molecule has 1 aliphatic heterocycles. The third-order valence-corrected chi connectivity index (χ3v) is 5.19. The van der Waals surface area contributed by atoms with Gasteiger partial charge in [-0.1, -0.05) is 18.2 Å². The standard InChI is InChI=1S/C22H24N6O3/c1-14-19(21(30)25-16-8-3-4-9-17(16)31-2)20(15-7-5-11-23-13-15)28-22(24-14)26-18(27-28)10-6-12-29/h3-5,7-9,11,13,19-20,29H,6,10,12H2,1-2H3,(H,25,30). The minimum atomic E-state index is -0.617. The first-order valence-corrected chi connectivity index (χ1v) is 10.1. The molecule has 0 saturated carbocycles. The van der Waals surface area contributed by atoms with Crippen LogP contribution in [0.5, 0.6) is 5.75 Å². The number of rotatable bonds is 7. The highest BCUT2D eigenvalue weighted by Crippen LogP contribution is 2.36. The fraction of sp³-hybridized carbons (Fsp3) is 0.318. The van der Waals surface area contributed by atoms with Gasteiger partial charge in [0.2, 0.25) is 11.9 Å². The van der Waals surface area contributed by atoms with E-state index < -0.39 is 12.0 Å². The normalized spacial score (nSPS) is 17.6. The van der Waals surface area contributed by atoms with Crippen LogP contribution in [0.25, 0.3) is 0 Å². The number of hydrogen-bond donors (Lipinski definition) is 2. The van der Waals surface area contributed by atoms with E-state index in [4.69, 9.17) is 9.84 Å². The number of carbonyl (C=O) groups excluding carboxylic acids is 1. The van der Waals surface area contributed by atoms with Gasteiger partial charge in [-0.25, -0.2) is 9.67 Å². The van der Waals surface area contributed by atoms with Crippen molar-refractivity contribution in [3.63, 3.8) is 0 Å². The van der Waals surface area contributed by atoms with Gasteiger partial charge in [-0.2, -0.15) is 10.1 Å². The lowest BCUT2D eigenvalue weighted by Gasteiger charge is -2.30. The van der Waals surface area contributed by atoms with Crippen LogP contribution in [0.15, 0.2) is 53.8 Å². The summed E-state index contributed by atoms with van der Waals surface area (Å²) in [6, 6.07) is 10.6. The van der Waals surface area contributed by atoms with Crippen molar-refractivity contribution in [2.24, 2.45) is 10.9 Å². The molecule has 0 fully saturated rings. The van der Waals surface area contributed by atoms with E-state index in [1.165, 1.54) is 0 Å². The second-order valence-corrected chi connectivity index (χ2v) is 7.25. The first-order valence-electron chi connectivity index (χ1n) is 10.1. The van der Waals surface area contributed by atoms with Crippen LogP contribution in [0.1, 0.15) is 30.8 Å². The maximum absolute atomic E-state index is 13.5. The van der Waals surface area contributed by atoms with Crippen molar-refractivity contribution in [3.05, 3.63) is 60.2 Å². The Hall–Kier alpha value is -3.59. The number of benzene rings is 1. The summed E-state index contributed by atoms with van der Waals surface area (Å²) in [4.78, 5) is 26.8. The Morgan fingerprint density at radius 3 is 2.84 bits per heavy atom. The third kappa shape index (κ3) is 4.17. The number of carbonyl (C=O) groups is 1. The number of nitrogens with one attached hydrogen (secondary N) is 1. The van der Waals surface area contributed by atoms with E-state index >= 15 is 0 Å². The fourth-order valence-corrected chi connectivity index (χ4v) is 3.74. The second-order valence-electron chi connectivity index (χ2n) is 7.25. The van der Waals surface area contributed by atoms with Crippen LogP contribution in [0.2, 0.25) is 0 Å². The molecule has 9 nitrogen and oxygen atoms in total. The van der Waals surface area contributed by atoms with Crippen molar-refractivity contribution in [2.75, 3.05) is 19.0 Å². The lowest BCUT2D eigenvalue weighted by atomic mass is 9.88. The van der Waals surface area contributed by atoms with Gasteiger partial charge in [-0.05, 0) is 37.1 Å². The maximum atomic E-state index is 13.5. The topological polar surface area (TPSA) is 115 Å². The molecule has 31 heavy (non-hydrogen) atoms. The third-order valence-electron chi connectivity index (χ3n) is 5.19. The molecule has 2 atom stereocenters. The first-order chi connectivity index (χ1) is 15.1. The van der Waals surface area contributed by atoms with Crippen molar-refractivity contribution < 1.29 is 14.6 Å². The molecule has 4 rings (SSSR count).